The van der Waals surface area contributed by atoms with Crippen molar-refractivity contribution in [3.8, 4) is 0 Å². The van der Waals surface area contributed by atoms with E-state index in [1.165, 1.54) is 11.8 Å². The number of rotatable bonds is 9. The molecular weight excluding hydrogens is 284 g/mol. The number of hydrogen-bond donors (Lipinski definition) is 2. The Balaban J connectivity index is 2.12. The first-order valence-electron chi connectivity index (χ1n) is 7.32. The number of amides is 2. The molecule has 0 fully saturated rings. The normalized spacial score (nSPS) is 10.2. The highest BCUT2D eigenvalue weighted by atomic mass is 32.2. The van der Waals surface area contributed by atoms with Crippen LogP contribution >= 0.6 is 11.8 Å². The Morgan fingerprint density at radius 2 is 1.71 bits per heavy atom. The number of anilines is 1. The number of nitrogens with one attached hydrogen (secondary N) is 2. The molecule has 116 valence electrons. The zero-order valence-electron chi connectivity index (χ0n) is 12.8. The highest BCUT2D eigenvalue weighted by Gasteiger charge is 2.05. The van der Waals surface area contributed by atoms with Gasteiger partial charge in [-0.1, -0.05) is 37.5 Å². The first-order chi connectivity index (χ1) is 10.1. The van der Waals surface area contributed by atoms with Gasteiger partial charge in [-0.05, 0) is 25.5 Å². The molecule has 0 atom stereocenters. The van der Waals surface area contributed by atoms with Crippen molar-refractivity contribution in [3.63, 3.8) is 0 Å². The number of hydrogen-bond acceptors (Lipinski definition) is 3. The average molecular weight is 308 g/mol. The van der Waals surface area contributed by atoms with Crippen molar-refractivity contribution >= 4 is 29.3 Å². The van der Waals surface area contributed by atoms with E-state index < -0.39 is 0 Å². The van der Waals surface area contributed by atoms with Gasteiger partial charge in [-0.15, -0.1) is 11.8 Å². The summed E-state index contributed by atoms with van der Waals surface area (Å²) >= 11 is 1.33. The second kappa shape index (κ2) is 10.3. The number of carbonyl (C=O) groups is 2. The first-order valence-corrected chi connectivity index (χ1v) is 8.48. The summed E-state index contributed by atoms with van der Waals surface area (Å²) in [5, 5.41) is 5.67. The smallest absolute Gasteiger partial charge is 0.234 e. The molecule has 0 unspecified atom stereocenters. The van der Waals surface area contributed by atoms with Gasteiger partial charge in [0.25, 0.3) is 0 Å². The minimum atomic E-state index is -0.0809. The summed E-state index contributed by atoms with van der Waals surface area (Å²) in [6.45, 7) is 4.85. The molecule has 1 aromatic carbocycles. The summed E-state index contributed by atoms with van der Waals surface area (Å²) in [7, 11) is 0. The summed E-state index contributed by atoms with van der Waals surface area (Å²) in [6.07, 6.45) is 3.29. The third kappa shape index (κ3) is 8.40. The van der Waals surface area contributed by atoms with Gasteiger partial charge < -0.3 is 10.6 Å². The predicted molar refractivity (Wildman–Crippen MR) is 89.7 cm³/mol. The third-order valence-corrected chi connectivity index (χ3v) is 3.84. The lowest BCUT2D eigenvalue weighted by Gasteiger charge is -2.06. The zero-order chi connectivity index (χ0) is 15.5. The maximum atomic E-state index is 11.7. The Bertz CT molecular complexity index is 446. The van der Waals surface area contributed by atoms with E-state index in [0.29, 0.717) is 5.75 Å². The van der Waals surface area contributed by atoms with E-state index >= 15 is 0 Å². The van der Waals surface area contributed by atoms with Gasteiger partial charge in [-0.3, -0.25) is 9.59 Å². The van der Waals surface area contributed by atoms with Crippen LogP contribution in [0, 0.1) is 6.92 Å². The molecule has 0 aliphatic rings. The van der Waals surface area contributed by atoms with Gasteiger partial charge in [0.15, 0.2) is 0 Å². The van der Waals surface area contributed by atoms with Crippen molar-refractivity contribution < 1.29 is 9.59 Å². The van der Waals surface area contributed by atoms with Gasteiger partial charge in [0.1, 0.15) is 0 Å². The van der Waals surface area contributed by atoms with Crippen LogP contribution < -0.4 is 10.6 Å². The van der Waals surface area contributed by atoms with Gasteiger partial charge in [-0.25, -0.2) is 0 Å². The Morgan fingerprint density at radius 3 is 2.38 bits per heavy atom. The molecule has 1 aromatic rings. The number of aryl methyl sites for hydroxylation is 1. The maximum absolute atomic E-state index is 11.7. The minimum Gasteiger partial charge on any atom is -0.355 e. The van der Waals surface area contributed by atoms with Crippen LogP contribution in [-0.2, 0) is 9.59 Å². The van der Waals surface area contributed by atoms with Gasteiger partial charge in [-0.2, -0.15) is 0 Å². The summed E-state index contributed by atoms with van der Waals surface area (Å²) in [5.74, 6) is 0.533. The van der Waals surface area contributed by atoms with Crippen molar-refractivity contribution in [1.82, 2.24) is 5.32 Å². The number of thioether (sulfide) groups is 1. The summed E-state index contributed by atoms with van der Waals surface area (Å²) in [5.41, 5.74) is 1.94. The Hall–Kier alpha value is -1.49. The van der Waals surface area contributed by atoms with Gasteiger partial charge in [0.05, 0.1) is 11.5 Å². The molecule has 0 aliphatic heterocycles. The average Bonchev–Trinajstić information content (AvgIpc) is 2.46. The Kier molecular flexibility index (Phi) is 8.59. The fraction of sp³-hybridized carbons (Fsp3) is 0.500. The molecular formula is C16H24N2O2S. The van der Waals surface area contributed by atoms with Crippen LogP contribution in [0.2, 0.25) is 0 Å². The molecule has 5 heteroatoms. The van der Waals surface area contributed by atoms with E-state index in [1.807, 2.05) is 31.2 Å². The van der Waals surface area contributed by atoms with Crippen molar-refractivity contribution in [2.24, 2.45) is 0 Å². The molecule has 1 rings (SSSR count). The fourth-order valence-corrected chi connectivity index (χ4v) is 2.37. The van der Waals surface area contributed by atoms with E-state index in [4.69, 9.17) is 0 Å². The number of benzene rings is 1. The van der Waals surface area contributed by atoms with Crippen LogP contribution in [0.5, 0.6) is 0 Å². The predicted octanol–water partition coefficient (Wildman–Crippen LogP) is 2.97. The summed E-state index contributed by atoms with van der Waals surface area (Å²) in [4.78, 5) is 23.2. The lowest BCUT2D eigenvalue weighted by molar-refractivity contribution is -0.118. The SMILES string of the molecule is CCCCCNC(=O)CSCC(=O)Nc1ccc(C)cc1. The largest absolute Gasteiger partial charge is 0.355 e. The van der Waals surface area contributed by atoms with E-state index in [2.05, 4.69) is 17.6 Å². The highest BCUT2D eigenvalue weighted by molar-refractivity contribution is 8.00. The molecule has 0 aliphatic carbocycles. The van der Waals surface area contributed by atoms with Gasteiger partial charge in [0, 0.05) is 12.2 Å². The third-order valence-electron chi connectivity index (χ3n) is 2.90. The van der Waals surface area contributed by atoms with Gasteiger partial charge >= 0.3 is 0 Å². The lowest BCUT2D eigenvalue weighted by Crippen LogP contribution is -2.27. The number of carbonyl (C=O) groups excluding carboxylic acids is 2. The number of unbranched alkanes of at least 4 members (excludes halogenated alkanes) is 2. The topological polar surface area (TPSA) is 58.2 Å². The van der Waals surface area contributed by atoms with Crippen molar-refractivity contribution in [2.45, 2.75) is 33.1 Å². The highest BCUT2D eigenvalue weighted by Crippen LogP contribution is 2.09. The van der Waals surface area contributed by atoms with Crippen molar-refractivity contribution in [2.75, 3.05) is 23.4 Å². The molecule has 0 saturated heterocycles. The standard InChI is InChI=1S/C16H24N2O2S/c1-3-4-5-10-17-15(19)11-21-12-16(20)18-14-8-6-13(2)7-9-14/h6-9H,3-5,10-12H2,1-2H3,(H,17,19)(H,18,20). The molecule has 4 nitrogen and oxygen atoms in total. The maximum Gasteiger partial charge on any atom is 0.234 e. The molecule has 0 heterocycles. The van der Waals surface area contributed by atoms with Crippen LogP contribution in [0.15, 0.2) is 24.3 Å². The van der Waals surface area contributed by atoms with E-state index in [-0.39, 0.29) is 17.6 Å². The molecule has 2 N–H and O–H groups in total. The van der Waals surface area contributed by atoms with Crippen LogP contribution in [0.1, 0.15) is 31.7 Å². The second-order valence-corrected chi connectivity index (χ2v) is 5.95. The van der Waals surface area contributed by atoms with Crippen LogP contribution in [-0.4, -0.2) is 29.9 Å². The summed E-state index contributed by atoms with van der Waals surface area (Å²) in [6, 6.07) is 7.65. The van der Waals surface area contributed by atoms with E-state index in [9.17, 15) is 9.59 Å². The molecule has 0 bridgehead atoms. The molecule has 2 amide bonds. The zero-order valence-corrected chi connectivity index (χ0v) is 13.6. The first kappa shape index (κ1) is 17.6. The summed E-state index contributed by atoms with van der Waals surface area (Å²) < 4.78 is 0. The molecule has 21 heavy (non-hydrogen) atoms. The van der Waals surface area contributed by atoms with E-state index in [1.54, 1.807) is 0 Å². The fourth-order valence-electron chi connectivity index (χ4n) is 1.72. The van der Waals surface area contributed by atoms with Gasteiger partial charge in [0.2, 0.25) is 11.8 Å². The lowest BCUT2D eigenvalue weighted by atomic mass is 10.2. The molecule has 0 radical (unpaired) electrons. The van der Waals surface area contributed by atoms with Crippen molar-refractivity contribution in [1.29, 1.82) is 0 Å². The Morgan fingerprint density at radius 1 is 1.05 bits per heavy atom. The van der Waals surface area contributed by atoms with Crippen LogP contribution in [0.4, 0.5) is 5.69 Å². The molecule has 0 spiro atoms. The monoisotopic (exact) mass is 308 g/mol. The van der Waals surface area contributed by atoms with Crippen molar-refractivity contribution in [3.05, 3.63) is 29.8 Å². The minimum absolute atomic E-state index is 0.000705. The Labute approximate surface area is 131 Å². The molecule has 0 saturated carbocycles. The van der Waals surface area contributed by atoms with Crippen LogP contribution in [0.25, 0.3) is 0 Å². The second-order valence-electron chi connectivity index (χ2n) is 4.96. The van der Waals surface area contributed by atoms with Crippen LogP contribution in [0.3, 0.4) is 0 Å². The molecule has 0 aromatic heterocycles. The quantitative estimate of drug-likeness (QED) is 0.690. The van der Waals surface area contributed by atoms with E-state index in [0.717, 1.165) is 37.1 Å².